The van der Waals surface area contributed by atoms with Gasteiger partial charge in [0, 0.05) is 25.8 Å². The van der Waals surface area contributed by atoms with Crippen LogP contribution in [-0.4, -0.2) is 30.5 Å². The van der Waals surface area contributed by atoms with Crippen LogP contribution < -0.4 is 10.2 Å². The quantitative estimate of drug-likeness (QED) is 0.755. The molecule has 0 radical (unpaired) electrons. The third-order valence-electron chi connectivity index (χ3n) is 2.93. The van der Waals surface area contributed by atoms with Crippen molar-refractivity contribution in [3.05, 3.63) is 24.0 Å². The number of nitrogens with zero attached hydrogens (tertiary/aromatic N) is 2. The number of carbonyl (C=O) groups is 1. The predicted octanol–water partition coefficient (Wildman–Crippen LogP) is 2.46. The van der Waals surface area contributed by atoms with Crippen LogP contribution in [0.15, 0.2) is 18.5 Å². The fourth-order valence-corrected chi connectivity index (χ4v) is 1.79. The van der Waals surface area contributed by atoms with Crippen molar-refractivity contribution in [3.63, 3.8) is 0 Å². The minimum atomic E-state index is -0.0371. The van der Waals surface area contributed by atoms with Gasteiger partial charge >= 0.3 is 0 Å². The zero-order chi connectivity index (χ0) is 13.4. The average molecular weight is 249 g/mol. The summed E-state index contributed by atoms with van der Waals surface area (Å²) in [6.07, 6.45) is 5.51. The fraction of sp³-hybridized carbons (Fsp3) is 0.571. The molecule has 0 aliphatic carbocycles. The summed E-state index contributed by atoms with van der Waals surface area (Å²) in [4.78, 5) is 18.2. The number of unbranched alkanes of at least 4 members (excludes halogenated alkanes) is 1. The van der Waals surface area contributed by atoms with E-state index in [1.807, 2.05) is 6.07 Å². The van der Waals surface area contributed by atoms with Crippen LogP contribution in [-0.2, 0) is 0 Å². The SMILES string of the molecule is CCCCNC(=O)c1cncc(N(CC)CC)c1. The Kier molecular flexibility index (Phi) is 6.19. The highest BCUT2D eigenvalue weighted by atomic mass is 16.1. The van der Waals surface area contributed by atoms with Gasteiger partial charge in [-0.05, 0) is 26.3 Å². The Labute approximate surface area is 109 Å². The number of aromatic nitrogens is 1. The van der Waals surface area contributed by atoms with E-state index in [1.54, 1.807) is 12.4 Å². The molecule has 0 atom stereocenters. The van der Waals surface area contributed by atoms with Crippen LogP contribution in [0.1, 0.15) is 44.0 Å². The minimum Gasteiger partial charge on any atom is -0.371 e. The number of rotatable bonds is 7. The molecule has 0 bridgehead atoms. The smallest absolute Gasteiger partial charge is 0.252 e. The van der Waals surface area contributed by atoms with Crippen molar-refractivity contribution < 1.29 is 4.79 Å². The van der Waals surface area contributed by atoms with Crippen molar-refractivity contribution in [2.75, 3.05) is 24.5 Å². The molecule has 1 rings (SSSR count). The van der Waals surface area contributed by atoms with Crippen LogP contribution >= 0.6 is 0 Å². The molecule has 0 saturated heterocycles. The summed E-state index contributed by atoms with van der Waals surface area (Å²) in [5, 5.41) is 2.90. The topological polar surface area (TPSA) is 45.2 Å². The van der Waals surface area contributed by atoms with Crippen LogP contribution in [0.2, 0.25) is 0 Å². The first-order valence-electron chi connectivity index (χ1n) is 6.71. The first kappa shape index (κ1) is 14.5. The number of carbonyl (C=O) groups excluding carboxylic acids is 1. The summed E-state index contributed by atoms with van der Waals surface area (Å²) in [5.74, 6) is -0.0371. The van der Waals surface area contributed by atoms with Crippen molar-refractivity contribution in [1.29, 1.82) is 0 Å². The van der Waals surface area contributed by atoms with E-state index in [0.717, 1.165) is 38.2 Å². The molecule has 0 unspecified atom stereocenters. The number of nitrogens with one attached hydrogen (secondary N) is 1. The van der Waals surface area contributed by atoms with Gasteiger partial charge in [-0.15, -0.1) is 0 Å². The summed E-state index contributed by atoms with van der Waals surface area (Å²) in [6.45, 7) is 8.85. The lowest BCUT2D eigenvalue weighted by Gasteiger charge is -2.20. The zero-order valence-corrected chi connectivity index (χ0v) is 11.6. The second-order valence-electron chi connectivity index (χ2n) is 4.21. The third kappa shape index (κ3) is 4.02. The van der Waals surface area contributed by atoms with E-state index in [9.17, 15) is 4.79 Å². The molecule has 1 aromatic rings. The Hall–Kier alpha value is -1.58. The lowest BCUT2D eigenvalue weighted by atomic mass is 10.2. The normalized spacial score (nSPS) is 10.2. The summed E-state index contributed by atoms with van der Waals surface area (Å²) in [7, 11) is 0. The van der Waals surface area contributed by atoms with Gasteiger partial charge in [0.1, 0.15) is 0 Å². The molecule has 4 nitrogen and oxygen atoms in total. The second-order valence-corrected chi connectivity index (χ2v) is 4.21. The van der Waals surface area contributed by atoms with Crippen molar-refractivity contribution in [1.82, 2.24) is 10.3 Å². The number of hydrogen-bond donors (Lipinski definition) is 1. The Balaban J connectivity index is 2.72. The van der Waals surface area contributed by atoms with Gasteiger partial charge in [-0.3, -0.25) is 9.78 Å². The lowest BCUT2D eigenvalue weighted by Crippen LogP contribution is -2.26. The van der Waals surface area contributed by atoms with Gasteiger partial charge in [0.15, 0.2) is 0 Å². The van der Waals surface area contributed by atoms with E-state index in [-0.39, 0.29) is 5.91 Å². The molecular formula is C14H23N3O. The zero-order valence-electron chi connectivity index (χ0n) is 11.6. The van der Waals surface area contributed by atoms with Crippen LogP contribution in [0.25, 0.3) is 0 Å². The van der Waals surface area contributed by atoms with Gasteiger partial charge in [0.2, 0.25) is 0 Å². The Bertz CT molecular complexity index is 375. The van der Waals surface area contributed by atoms with Crippen molar-refractivity contribution in [3.8, 4) is 0 Å². The summed E-state index contributed by atoms with van der Waals surface area (Å²) in [6, 6.07) is 1.90. The first-order valence-corrected chi connectivity index (χ1v) is 6.71. The minimum absolute atomic E-state index is 0.0371. The van der Waals surface area contributed by atoms with Crippen LogP contribution in [0.4, 0.5) is 5.69 Å². The standard InChI is InChI=1S/C14H23N3O/c1-4-7-8-16-14(18)12-9-13(11-15-10-12)17(5-2)6-3/h9-11H,4-8H2,1-3H3,(H,16,18). The van der Waals surface area contributed by atoms with Crippen LogP contribution in [0.3, 0.4) is 0 Å². The Morgan fingerprint density at radius 3 is 2.61 bits per heavy atom. The maximum Gasteiger partial charge on any atom is 0.252 e. The van der Waals surface area contributed by atoms with E-state index < -0.39 is 0 Å². The molecule has 1 heterocycles. The molecule has 4 heteroatoms. The Morgan fingerprint density at radius 2 is 2.00 bits per heavy atom. The third-order valence-corrected chi connectivity index (χ3v) is 2.93. The number of hydrogen-bond acceptors (Lipinski definition) is 3. The molecule has 18 heavy (non-hydrogen) atoms. The highest BCUT2D eigenvalue weighted by Gasteiger charge is 2.08. The van der Waals surface area contributed by atoms with E-state index in [4.69, 9.17) is 0 Å². The Morgan fingerprint density at radius 1 is 1.28 bits per heavy atom. The molecule has 0 aliphatic heterocycles. The molecular weight excluding hydrogens is 226 g/mol. The summed E-state index contributed by atoms with van der Waals surface area (Å²) in [5.41, 5.74) is 1.64. The monoisotopic (exact) mass is 249 g/mol. The van der Waals surface area contributed by atoms with Crippen molar-refractivity contribution in [2.24, 2.45) is 0 Å². The van der Waals surface area contributed by atoms with Crippen LogP contribution in [0.5, 0.6) is 0 Å². The number of anilines is 1. The second kappa shape index (κ2) is 7.69. The van der Waals surface area contributed by atoms with Crippen molar-refractivity contribution >= 4 is 11.6 Å². The number of amides is 1. The van der Waals surface area contributed by atoms with Gasteiger partial charge in [-0.1, -0.05) is 13.3 Å². The van der Waals surface area contributed by atoms with Crippen LogP contribution in [0, 0.1) is 0 Å². The maximum absolute atomic E-state index is 11.9. The molecule has 0 fully saturated rings. The van der Waals surface area contributed by atoms with Gasteiger partial charge in [-0.25, -0.2) is 0 Å². The molecule has 100 valence electrons. The van der Waals surface area contributed by atoms with E-state index in [0.29, 0.717) is 5.56 Å². The van der Waals surface area contributed by atoms with E-state index in [2.05, 4.69) is 36.0 Å². The number of pyridine rings is 1. The summed E-state index contributed by atoms with van der Waals surface area (Å²) >= 11 is 0. The predicted molar refractivity (Wildman–Crippen MR) is 75.0 cm³/mol. The van der Waals surface area contributed by atoms with Crippen molar-refractivity contribution in [2.45, 2.75) is 33.6 Å². The molecule has 1 aromatic heterocycles. The molecule has 0 aliphatic rings. The average Bonchev–Trinajstić information content (AvgIpc) is 2.41. The molecule has 1 N–H and O–H groups in total. The maximum atomic E-state index is 11.9. The molecule has 0 saturated carbocycles. The van der Waals surface area contributed by atoms with E-state index in [1.165, 1.54) is 0 Å². The summed E-state index contributed by atoms with van der Waals surface area (Å²) < 4.78 is 0. The highest BCUT2D eigenvalue weighted by Crippen LogP contribution is 2.14. The molecule has 0 spiro atoms. The van der Waals surface area contributed by atoms with E-state index >= 15 is 0 Å². The van der Waals surface area contributed by atoms with Gasteiger partial charge < -0.3 is 10.2 Å². The van der Waals surface area contributed by atoms with Gasteiger partial charge in [0.25, 0.3) is 5.91 Å². The largest absolute Gasteiger partial charge is 0.371 e. The van der Waals surface area contributed by atoms with Gasteiger partial charge in [0.05, 0.1) is 17.4 Å². The fourth-order valence-electron chi connectivity index (χ4n) is 1.79. The lowest BCUT2D eigenvalue weighted by molar-refractivity contribution is 0.0953. The first-order chi connectivity index (χ1) is 8.72. The van der Waals surface area contributed by atoms with Gasteiger partial charge in [-0.2, -0.15) is 0 Å². The molecule has 0 aromatic carbocycles. The highest BCUT2D eigenvalue weighted by molar-refractivity contribution is 5.94. The molecule has 1 amide bonds.